The number of rotatable bonds is 4. The monoisotopic (exact) mass is 303 g/mol. The van der Waals surface area contributed by atoms with Crippen molar-refractivity contribution in [1.82, 2.24) is 10.5 Å². The van der Waals surface area contributed by atoms with Crippen LogP contribution in [-0.2, 0) is 6.54 Å². The van der Waals surface area contributed by atoms with Gasteiger partial charge in [-0.05, 0) is 11.6 Å². The van der Waals surface area contributed by atoms with Gasteiger partial charge in [-0.15, -0.1) is 0 Å². The van der Waals surface area contributed by atoms with E-state index in [9.17, 15) is 9.18 Å². The minimum Gasteiger partial charge on any atom is -0.364 e. The number of carbonyl (C=O) groups is 1. The molecule has 116 valence electrons. The largest absolute Gasteiger partial charge is 0.364 e. The third-order valence-corrected chi connectivity index (χ3v) is 2.86. The van der Waals surface area contributed by atoms with Crippen molar-refractivity contribution in [3.8, 4) is 0 Å². The summed E-state index contributed by atoms with van der Waals surface area (Å²) < 4.78 is 13.7. The van der Waals surface area contributed by atoms with Gasteiger partial charge in [-0.3, -0.25) is 10.0 Å². The maximum atomic E-state index is 13.7. The van der Waals surface area contributed by atoms with Crippen LogP contribution in [0, 0.1) is 5.82 Å². The highest BCUT2D eigenvalue weighted by molar-refractivity contribution is 5.93. The van der Waals surface area contributed by atoms with Crippen LogP contribution in [0.2, 0.25) is 0 Å². The molecule has 3 rings (SSSR count). The minimum absolute atomic E-state index is 0.0507. The van der Waals surface area contributed by atoms with Gasteiger partial charge in [0.2, 0.25) is 0 Å². The fraction of sp³-hybridized carbons (Fsp3) is 0.250. The Bertz CT molecular complexity index is 615. The molecule has 0 unspecified atom stereocenters. The molecule has 1 fully saturated rings. The molecule has 5 nitrogen and oxygen atoms in total. The first-order chi connectivity index (χ1) is 10.7. The van der Waals surface area contributed by atoms with E-state index in [-0.39, 0.29) is 11.4 Å². The van der Waals surface area contributed by atoms with E-state index in [0.717, 1.165) is 11.6 Å². The molecule has 1 aromatic carbocycles. The van der Waals surface area contributed by atoms with Crippen LogP contribution in [0.25, 0.3) is 0 Å². The number of nitrogens with zero attached hydrogens (tertiary/aromatic N) is 1. The number of benzene rings is 1. The van der Waals surface area contributed by atoms with Crippen molar-refractivity contribution in [2.45, 2.75) is 25.8 Å². The molecule has 2 aromatic rings. The number of halogens is 1. The van der Waals surface area contributed by atoms with Gasteiger partial charge in [0.25, 0.3) is 5.91 Å². The van der Waals surface area contributed by atoms with E-state index in [1.807, 2.05) is 30.3 Å². The molecule has 1 aromatic heterocycles. The SMILES string of the molecule is C1CC1.O=C(NO)c1cnc(NCc2ccccc2)c(F)c1. The molecule has 22 heavy (non-hydrogen) atoms. The maximum absolute atomic E-state index is 13.7. The molecule has 1 aliphatic rings. The first-order valence-corrected chi connectivity index (χ1v) is 7.08. The van der Waals surface area contributed by atoms with Gasteiger partial charge in [-0.2, -0.15) is 0 Å². The third-order valence-electron chi connectivity index (χ3n) is 2.86. The van der Waals surface area contributed by atoms with Crippen LogP contribution in [0.4, 0.5) is 10.2 Å². The summed E-state index contributed by atoms with van der Waals surface area (Å²) in [7, 11) is 0. The second-order valence-corrected chi connectivity index (χ2v) is 4.90. The zero-order valence-electron chi connectivity index (χ0n) is 12.1. The fourth-order valence-corrected chi connectivity index (χ4v) is 1.54. The molecule has 1 heterocycles. The lowest BCUT2D eigenvalue weighted by atomic mass is 10.2. The summed E-state index contributed by atoms with van der Waals surface area (Å²) in [5.41, 5.74) is 2.36. The summed E-state index contributed by atoms with van der Waals surface area (Å²) in [6, 6.07) is 10.5. The summed E-state index contributed by atoms with van der Waals surface area (Å²) in [6.07, 6.45) is 5.68. The number of aromatic nitrogens is 1. The lowest BCUT2D eigenvalue weighted by Gasteiger charge is -2.07. The van der Waals surface area contributed by atoms with Crippen LogP contribution in [0.1, 0.15) is 35.2 Å². The molecular weight excluding hydrogens is 285 g/mol. The Morgan fingerprint density at radius 1 is 1.23 bits per heavy atom. The minimum atomic E-state index is -0.805. The first kappa shape index (κ1) is 15.9. The number of anilines is 1. The van der Waals surface area contributed by atoms with Crippen LogP contribution < -0.4 is 10.8 Å². The highest BCUT2D eigenvalue weighted by Crippen LogP contribution is 2.15. The van der Waals surface area contributed by atoms with Crippen molar-refractivity contribution < 1.29 is 14.4 Å². The molecule has 6 heteroatoms. The van der Waals surface area contributed by atoms with Crippen molar-refractivity contribution in [2.75, 3.05) is 5.32 Å². The second kappa shape index (κ2) is 8.09. The molecular formula is C16H18FN3O2. The molecule has 1 saturated carbocycles. The van der Waals surface area contributed by atoms with Gasteiger partial charge in [0.05, 0.1) is 5.56 Å². The van der Waals surface area contributed by atoms with Crippen LogP contribution in [-0.4, -0.2) is 16.1 Å². The molecule has 0 aliphatic heterocycles. The summed E-state index contributed by atoms with van der Waals surface area (Å²) in [6.45, 7) is 0.427. The van der Waals surface area contributed by atoms with Crippen LogP contribution >= 0.6 is 0 Å². The van der Waals surface area contributed by atoms with Gasteiger partial charge < -0.3 is 5.32 Å². The molecule has 0 atom stereocenters. The van der Waals surface area contributed by atoms with Gasteiger partial charge in [-0.1, -0.05) is 49.6 Å². The zero-order valence-corrected chi connectivity index (χ0v) is 12.1. The van der Waals surface area contributed by atoms with Crippen LogP contribution in [0.3, 0.4) is 0 Å². The van der Waals surface area contributed by atoms with E-state index in [0.29, 0.717) is 6.54 Å². The van der Waals surface area contributed by atoms with E-state index in [2.05, 4.69) is 10.3 Å². The summed E-state index contributed by atoms with van der Waals surface area (Å²) in [5.74, 6) is -1.41. The summed E-state index contributed by atoms with van der Waals surface area (Å²) >= 11 is 0. The normalized spacial score (nSPS) is 11.9. The van der Waals surface area contributed by atoms with Crippen molar-refractivity contribution in [3.05, 3.63) is 59.5 Å². The predicted molar refractivity (Wildman–Crippen MR) is 81.1 cm³/mol. The highest BCUT2D eigenvalue weighted by atomic mass is 19.1. The lowest BCUT2D eigenvalue weighted by Crippen LogP contribution is -2.19. The number of carbonyl (C=O) groups excluding carboxylic acids is 1. The first-order valence-electron chi connectivity index (χ1n) is 7.08. The average molecular weight is 303 g/mol. The number of hydroxylamine groups is 1. The van der Waals surface area contributed by atoms with Crippen molar-refractivity contribution >= 4 is 11.7 Å². The fourth-order valence-electron chi connectivity index (χ4n) is 1.54. The second-order valence-electron chi connectivity index (χ2n) is 4.90. The Balaban J connectivity index is 0.000000523. The number of hydrogen-bond donors (Lipinski definition) is 3. The Kier molecular flexibility index (Phi) is 5.85. The van der Waals surface area contributed by atoms with E-state index in [4.69, 9.17) is 5.21 Å². The van der Waals surface area contributed by atoms with Crippen molar-refractivity contribution in [1.29, 1.82) is 0 Å². The van der Waals surface area contributed by atoms with E-state index in [1.165, 1.54) is 30.9 Å². The Hall–Kier alpha value is -2.47. The Labute approximate surface area is 128 Å². The van der Waals surface area contributed by atoms with Crippen LogP contribution in [0.5, 0.6) is 0 Å². The van der Waals surface area contributed by atoms with E-state index >= 15 is 0 Å². The van der Waals surface area contributed by atoms with Gasteiger partial charge in [0.1, 0.15) is 0 Å². The number of hydrogen-bond acceptors (Lipinski definition) is 4. The van der Waals surface area contributed by atoms with E-state index in [1.54, 1.807) is 0 Å². The molecule has 0 bridgehead atoms. The maximum Gasteiger partial charge on any atom is 0.276 e. The zero-order chi connectivity index (χ0) is 15.8. The standard InChI is InChI=1S/C13H12FN3O2.C3H6/c14-11-6-10(13(18)17-19)8-16-12(11)15-7-9-4-2-1-3-5-9;1-2-3-1/h1-6,8,19H,7H2,(H,15,16)(H,17,18);1-3H2. The summed E-state index contributed by atoms with van der Waals surface area (Å²) in [4.78, 5) is 14.9. The molecule has 0 spiro atoms. The molecule has 1 aliphatic carbocycles. The number of pyridine rings is 1. The Morgan fingerprint density at radius 3 is 2.45 bits per heavy atom. The highest BCUT2D eigenvalue weighted by Gasteiger charge is 2.10. The molecule has 0 radical (unpaired) electrons. The van der Waals surface area contributed by atoms with Crippen LogP contribution in [0.15, 0.2) is 42.6 Å². The topological polar surface area (TPSA) is 74.2 Å². The Morgan fingerprint density at radius 2 is 1.91 bits per heavy atom. The third kappa shape index (κ3) is 5.14. The van der Waals surface area contributed by atoms with Crippen molar-refractivity contribution in [3.63, 3.8) is 0 Å². The average Bonchev–Trinajstić information content (AvgIpc) is 3.42. The molecule has 1 amide bonds. The lowest BCUT2D eigenvalue weighted by molar-refractivity contribution is 0.0705. The number of nitrogens with one attached hydrogen (secondary N) is 2. The van der Waals surface area contributed by atoms with Gasteiger partial charge in [0.15, 0.2) is 11.6 Å². The molecule has 3 N–H and O–H groups in total. The summed E-state index contributed by atoms with van der Waals surface area (Å²) in [5, 5.41) is 11.3. The van der Waals surface area contributed by atoms with Gasteiger partial charge in [-0.25, -0.2) is 14.9 Å². The quantitative estimate of drug-likeness (QED) is 0.599. The predicted octanol–water partition coefficient (Wildman–Crippen LogP) is 3.12. The smallest absolute Gasteiger partial charge is 0.276 e. The number of amides is 1. The molecule has 0 saturated heterocycles. The van der Waals surface area contributed by atoms with E-state index < -0.39 is 11.7 Å². The van der Waals surface area contributed by atoms with Crippen molar-refractivity contribution in [2.24, 2.45) is 0 Å². The van der Waals surface area contributed by atoms with Gasteiger partial charge >= 0.3 is 0 Å². The van der Waals surface area contributed by atoms with Gasteiger partial charge in [0, 0.05) is 12.7 Å².